The average molecular weight is 264 g/mol. The number of hydrogen-bond acceptors (Lipinski definition) is 5. The Kier molecular flexibility index (Phi) is 3.71. The molecule has 0 aliphatic carbocycles. The summed E-state index contributed by atoms with van der Waals surface area (Å²) in [5.41, 5.74) is 1.70. The highest BCUT2D eigenvalue weighted by molar-refractivity contribution is 5.84. The van der Waals surface area contributed by atoms with Crippen LogP contribution in [-0.2, 0) is 13.1 Å². The second kappa shape index (κ2) is 5.27. The van der Waals surface area contributed by atoms with E-state index in [1.165, 1.54) is 6.07 Å². The molecule has 0 aliphatic heterocycles. The molecule has 2 N–H and O–H groups in total. The molecule has 2 aromatic rings. The fraction of sp³-hybridized carbons (Fsp3) is 0.385. The van der Waals surface area contributed by atoms with Crippen molar-refractivity contribution < 1.29 is 18.7 Å². The molecule has 0 atom stereocenters. The normalized spacial score (nSPS) is 10.9. The van der Waals surface area contributed by atoms with Gasteiger partial charge in [-0.05, 0) is 26.8 Å². The maximum atomic E-state index is 10.8. The van der Waals surface area contributed by atoms with Crippen LogP contribution >= 0.6 is 0 Å². The summed E-state index contributed by atoms with van der Waals surface area (Å²) in [7, 11) is 0. The van der Waals surface area contributed by atoms with Gasteiger partial charge in [0.1, 0.15) is 11.5 Å². The van der Waals surface area contributed by atoms with E-state index in [2.05, 4.69) is 10.3 Å². The summed E-state index contributed by atoms with van der Waals surface area (Å²) in [5.74, 6) is 0.925. The first-order valence-corrected chi connectivity index (χ1v) is 5.93. The minimum Gasteiger partial charge on any atom is -0.475 e. The number of rotatable bonds is 5. The predicted molar refractivity (Wildman–Crippen MR) is 66.9 cm³/mol. The van der Waals surface area contributed by atoms with E-state index in [1.54, 1.807) is 6.92 Å². The molecule has 0 unspecified atom stereocenters. The first-order chi connectivity index (χ1) is 8.97. The van der Waals surface area contributed by atoms with E-state index in [4.69, 9.17) is 13.9 Å². The second-order valence-electron chi connectivity index (χ2n) is 4.35. The quantitative estimate of drug-likeness (QED) is 0.860. The molecule has 0 amide bonds. The number of carboxylic acids is 1. The lowest BCUT2D eigenvalue weighted by atomic mass is 10.2. The topological polar surface area (TPSA) is 88.5 Å². The average Bonchev–Trinajstić information content (AvgIpc) is 2.84. The number of oxazole rings is 1. The molecule has 0 saturated carbocycles. The zero-order valence-electron chi connectivity index (χ0n) is 11.1. The second-order valence-corrected chi connectivity index (χ2v) is 4.35. The Hall–Kier alpha value is -2.08. The van der Waals surface area contributed by atoms with Gasteiger partial charge in [-0.25, -0.2) is 9.78 Å². The number of carboxylic acid groups (broad SMARTS) is 1. The molecule has 2 rings (SSSR count). The third kappa shape index (κ3) is 3.03. The Labute approximate surface area is 110 Å². The van der Waals surface area contributed by atoms with Crippen molar-refractivity contribution in [3.8, 4) is 0 Å². The maximum absolute atomic E-state index is 10.8. The molecule has 2 aromatic heterocycles. The van der Waals surface area contributed by atoms with Crippen LogP contribution in [0.25, 0.3) is 0 Å². The predicted octanol–water partition coefficient (Wildman–Crippen LogP) is 2.18. The molecule has 0 radical (unpaired) electrons. The molecule has 0 aromatic carbocycles. The summed E-state index contributed by atoms with van der Waals surface area (Å²) in [6.45, 7) is 6.49. The highest BCUT2D eigenvalue weighted by Crippen LogP contribution is 2.15. The number of aromatic carboxylic acids is 1. The van der Waals surface area contributed by atoms with Gasteiger partial charge < -0.3 is 19.3 Å². The molecular formula is C13H16N2O4. The van der Waals surface area contributed by atoms with Gasteiger partial charge in [0, 0.05) is 12.1 Å². The van der Waals surface area contributed by atoms with E-state index in [0.717, 1.165) is 17.0 Å². The monoisotopic (exact) mass is 264 g/mol. The fourth-order valence-electron chi connectivity index (χ4n) is 1.72. The van der Waals surface area contributed by atoms with Gasteiger partial charge in [0.25, 0.3) is 0 Å². The number of aromatic nitrogens is 1. The van der Waals surface area contributed by atoms with E-state index >= 15 is 0 Å². The van der Waals surface area contributed by atoms with Crippen LogP contribution in [0, 0.1) is 20.8 Å². The van der Waals surface area contributed by atoms with Crippen molar-refractivity contribution in [1.82, 2.24) is 10.3 Å². The van der Waals surface area contributed by atoms with Gasteiger partial charge in [-0.3, -0.25) is 0 Å². The summed E-state index contributed by atoms with van der Waals surface area (Å²) in [5, 5.41) is 12.0. The van der Waals surface area contributed by atoms with Crippen molar-refractivity contribution >= 4 is 5.97 Å². The molecule has 2 heterocycles. The summed E-state index contributed by atoms with van der Waals surface area (Å²) >= 11 is 0. The summed E-state index contributed by atoms with van der Waals surface area (Å²) in [4.78, 5) is 15.0. The zero-order valence-corrected chi connectivity index (χ0v) is 11.1. The molecule has 0 aliphatic rings. The number of nitrogens with one attached hydrogen (secondary N) is 1. The van der Waals surface area contributed by atoms with Gasteiger partial charge in [-0.2, -0.15) is 0 Å². The van der Waals surface area contributed by atoms with Gasteiger partial charge in [-0.1, -0.05) is 0 Å². The summed E-state index contributed by atoms with van der Waals surface area (Å²) in [6, 6.07) is 1.52. The summed E-state index contributed by atoms with van der Waals surface area (Å²) in [6.07, 6.45) is 0. The Morgan fingerprint density at radius 1 is 1.26 bits per heavy atom. The number of aryl methyl sites for hydroxylation is 3. The number of furan rings is 1. The van der Waals surface area contributed by atoms with E-state index in [1.807, 2.05) is 13.8 Å². The molecule has 0 fully saturated rings. The third-order valence-corrected chi connectivity index (χ3v) is 2.90. The van der Waals surface area contributed by atoms with Crippen LogP contribution in [0.4, 0.5) is 0 Å². The lowest BCUT2D eigenvalue weighted by Gasteiger charge is -2.00. The maximum Gasteiger partial charge on any atom is 0.371 e. The molecular weight excluding hydrogens is 248 g/mol. The molecule has 19 heavy (non-hydrogen) atoms. The minimum atomic E-state index is -1.06. The zero-order chi connectivity index (χ0) is 14.0. The highest BCUT2D eigenvalue weighted by atomic mass is 16.4. The van der Waals surface area contributed by atoms with Crippen LogP contribution in [0.1, 0.15) is 39.2 Å². The lowest BCUT2D eigenvalue weighted by molar-refractivity contribution is 0.0661. The van der Waals surface area contributed by atoms with Crippen molar-refractivity contribution in [3.05, 3.63) is 40.5 Å². The van der Waals surface area contributed by atoms with Gasteiger partial charge in [0.2, 0.25) is 11.7 Å². The minimum absolute atomic E-state index is 0.0443. The number of hydrogen-bond donors (Lipinski definition) is 2. The van der Waals surface area contributed by atoms with Gasteiger partial charge >= 0.3 is 5.97 Å². The first-order valence-electron chi connectivity index (χ1n) is 5.93. The van der Waals surface area contributed by atoms with Crippen molar-refractivity contribution in [2.24, 2.45) is 0 Å². The number of nitrogens with zero attached hydrogens (tertiary/aromatic N) is 1. The van der Waals surface area contributed by atoms with Crippen molar-refractivity contribution in [1.29, 1.82) is 0 Å². The molecule has 0 bridgehead atoms. The van der Waals surface area contributed by atoms with Crippen molar-refractivity contribution in [3.63, 3.8) is 0 Å². The Balaban J connectivity index is 1.94. The van der Waals surface area contributed by atoms with E-state index in [-0.39, 0.29) is 5.76 Å². The van der Waals surface area contributed by atoms with Crippen LogP contribution in [0.5, 0.6) is 0 Å². The number of carbonyl (C=O) groups is 1. The van der Waals surface area contributed by atoms with E-state index in [9.17, 15) is 4.79 Å². The lowest BCUT2D eigenvalue weighted by Crippen LogP contribution is -2.13. The third-order valence-electron chi connectivity index (χ3n) is 2.90. The molecule has 102 valence electrons. The molecule has 0 spiro atoms. The molecule has 0 saturated heterocycles. The van der Waals surface area contributed by atoms with Crippen LogP contribution in [-0.4, -0.2) is 16.1 Å². The van der Waals surface area contributed by atoms with Gasteiger partial charge in [0.05, 0.1) is 12.2 Å². The molecule has 6 nitrogen and oxygen atoms in total. The fourth-order valence-corrected chi connectivity index (χ4v) is 1.72. The van der Waals surface area contributed by atoms with E-state index < -0.39 is 5.97 Å². The Morgan fingerprint density at radius 3 is 2.53 bits per heavy atom. The Bertz CT molecular complexity index is 578. The van der Waals surface area contributed by atoms with E-state index in [0.29, 0.717) is 24.7 Å². The first kappa shape index (κ1) is 13.4. The highest BCUT2D eigenvalue weighted by Gasteiger charge is 2.13. The van der Waals surface area contributed by atoms with Crippen LogP contribution < -0.4 is 5.32 Å². The summed E-state index contributed by atoms with van der Waals surface area (Å²) < 4.78 is 10.6. The largest absolute Gasteiger partial charge is 0.475 e. The van der Waals surface area contributed by atoms with Crippen LogP contribution in [0.3, 0.4) is 0 Å². The smallest absolute Gasteiger partial charge is 0.371 e. The van der Waals surface area contributed by atoms with Crippen molar-refractivity contribution in [2.45, 2.75) is 33.9 Å². The molecule has 6 heteroatoms. The Morgan fingerprint density at radius 2 is 2.00 bits per heavy atom. The van der Waals surface area contributed by atoms with Gasteiger partial charge in [-0.15, -0.1) is 0 Å². The van der Waals surface area contributed by atoms with Crippen LogP contribution in [0.15, 0.2) is 14.9 Å². The van der Waals surface area contributed by atoms with Crippen molar-refractivity contribution in [2.75, 3.05) is 0 Å². The van der Waals surface area contributed by atoms with Crippen LogP contribution in [0.2, 0.25) is 0 Å². The van der Waals surface area contributed by atoms with Gasteiger partial charge in [0.15, 0.2) is 0 Å². The standard InChI is InChI=1S/C13H16N2O4/c1-7-8(2)19-12(15-7)6-14-5-10-4-11(13(16)17)18-9(10)3/h4,14H,5-6H2,1-3H3,(H,16,17). The SMILES string of the molecule is Cc1nc(CNCc2cc(C(=O)O)oc2C)oc1C.